The summed E-state index contributed by atoms with van der Waals surface area (Å²) in [5.41, 5.74) is 0.807. The van der Waals surface area contributed by atoms with Gasteiger partial charge in [-0.05, 0) is 30.4 Å². The lowest BCUT2D eigenvalue weighted by Gasteiger charge is -2.34. The van der Waals surface area contributed by atoms with Gasteiger partial charge in [0.1, 0.15) is 0 Å². The molecule has 2 aromatic heterocycles. The minimum atomic E-state index is 0.0575. The number of pyridine rings is 1. The molecule has 0 bridgehead atoms. The van der Waals surface area contributed by atoms with Crippen LogP contribution in [0.3, 0.4) is 0 Å². The number of hydrogen-bond acceptors (Lipinski definition) is 5. The number of aromatic nitrogens is 3. The average Bonchev–Trinajstić information content (AvgIpc) is 3.07. The summed E-state index contributed by atoms with van der Waals surface area (Å²) in [6.07, 6.45) is 7.72. The van der Waals surface area contributed by atoms with E-state index in [0.717, 1.165) is 12.0 Å². The zero-order valence-electron chi connectivity index (χ0n) is 14.2. The third-order valence-corrected chi connectivity index (χ3v) is 5.01. The van der Waals surface area contributed by atoms with E-state index >= 15 is 0 Å². The van der Waals surface area contributed by atoms with E-state index < -0.39 is 0 Å². The largest absolute Gasteiger partial charge is 0.353 e. The molecule has 1 fully saturated rings. The smallest absolute Gasteiger partial charge is 0.227 e. The molecule has 0 radical (unpaired) electrons. The van der Waals surface area contributed by atoms with Gasteiger partial charge in [0, 0.05) is 36.8 Å². The Morgan fingerprint density at radius 1 is 1.38 bits per heavy atom. The zero-order chi connectivity index (χ0) is 16.9. The van der Waals surface area contributed by atoms with Crippen molar-refractivity contribution in [3.8, 4) is 11.4 Å². The van der Waals surface area contributed by atoms with Gasteiger partial charge >= 0.3 is 0 Å². The standard InChI is InChI=1S/C18H24N4O2/c1-12-5-3-7-15(13(12)2)20-16(23)8-9-17-21-18(22-24-17)14-6-4-10-19-11-14/h4,6,10-13,15H,3,5,7-9H2,1-2H3,(H,20,23)/t12-,13+,15+/m0/s1. The number of rotatable bonds is 5. The van der Waals surface area contributed by atoms with Crippen LogP contribution in [0.15, 0.2) is 29.0 Å². The third kappa shape index (κ3) is 3.99. The summed E-state index contributed by atoms with van der Waals surface area (Å²) in [6, 6.07) is 3.99. The Kier molecular flexibility index (Phi) is 5.23. The highest BCUT2D eigenvalue weighted by Gasteiger charge is 2.28. The average molecular weight is 328 g/mol. The van der Waals surface area contributed by atoms with Crippen LogP contribution in [0.1, 0.15) is 45.4 Å². The van der Waals surface area contributed by atoms with Gasteiger partial charge in [-0.2, -0.15) is 4.98 Å². The first-order valence-corrected chi connectivity index (χ1v) is 8.66. The van der Waals surface area contributed by atoms with Crippen LogP contribution in [-0.4, -0.2) is 27.1 Å². The minimum Gasteiger partial charge on any atom is -0.353 e. The normalized spacial score (nSPS) is 23.8. The molecule has 1 aliphatic carbocycles. The van der Waals surface area contributed by atoms with Gasteiger partial charge in [-0.1, -0.05) is 31.8 Å². The van der Waals surface area contributed by atoms with Crippen LogP contribution in [-0.2, 0) is 11.2 Å². The monoisotopic (exact) mass is 328 g/mol. The van der Waals surface area contributed by atoms with Gasteiger partial charge in [0.15, 0.2) is 0 Å². The van der Waals surface area contributed by atoms with Crippen molar-refractivity contribution < 1.29 is 9.32 Å². The summed E-state index contributed by atoms with van der Waals surface area (Å²) in [6.45, 7) is 4.49. The molecule has 3 atom stereocenters. The van der Waals surface area contributed by atoms with Crippen LogP contribution in [0, 0.1) is 11.8 Å². The van der Waals surface area contributed by atoms with Crippen LogP contribution in [0.2, 0.25) is 0 Å². The van der Waals surface area contributed by atoms with E-state index in [1.807, 2.05) is 12.1 Å². The second kappa shape index (κ2) is 7.55. The maximum Gasteiger partial charge on any atom is 0.227 e. The van der Waals surface area contributed by atoms with Crippen molar-refractivity contribution in [2.45, 2.75) is 52.0 Å². The van der Waals surface area contributed by atoms with Crippen LogP contribution in [0.4, 0.5) is 0 Å². The van der Waals surface area contributed by atoms with Crippen molar-refractivity contribution >= 4 is 5.91 Å². The lowest BCUT2D eigenvalue weighted by molar-refractivity contribution is -0.122. The maximum atomic E-state index is 12.2. The summed E-state index contributed by atoms with van der Waals surface area (Å²) < 4.78 is 5.23. The van der Waals surface area contributed by atoms with Crippen molar-refractivity contribution in [1.82, 2.24) is 20.4 Å². The highest BCUT2D eigenvalue weighted by Crippen LogP contribution is 2.29. The first-order chi connectivity index (χ1) is 11.6. The van der Waals surface area contributed by atoms with Crippen LogP contribution >= 0.6 is 0 Å². The Hall–Kier alpha value is -2.24. The zero-order valence-corrected chi connectivity index (χ0v) is 14.2. The highest BCUT2D eigenvalue weighted by atomic mass is 16.5. The summed E-state index contributed by atoms with van der Waals surface area (Å²) >= 11 is 0. The van der Waals surface area contributed by atoms with Crippen LogP contribution in [0.5, 0.6) is 0 Å². The Bertz CT molecular complexity index is 671. The van der Waals surface area contributed by atoms with E-state index in [1.54, 1.807) is 12.4 Å². The topological polar surface area (TPSA) is 80.9 Å². The molecular formula is C18H24N4O2. The Morgan fingerprint density at radius 2 is 2.25 bits per heavy atom. The van der Waals surface area contributed by atoms with Crippen molar-refractivity contribution in [2.24, 2.45) is 11.8 Å². The van der Waals surface area contributed by atoms with Crippen molar-refractivity contribution in [3.05, 3.63) is 30.4 Å². The Labute approximate surface area is 142 Å². The van der Waals surface area contributed by atoms with Crippen molar-refractivity contribution in [3.63, 3.8) is 0 Å². The van der Waals surface area contributed by atoms with Gasteiger partial charge in [-0.3, -0.25) is 9.78 Å². The van der Waals surface area contributed by atoms with E-state index in [1.165, 1.54) is 12.8 Å². The fraction of sp³-hybridized carbons (Fsp3) is 0.556. The van der Waals surface area contributed by atoms with Gasteiger partial charge in [0.25, 0.3) is 0 Å². The third-order valence-electron chi connectivity index (χ3n) is 5.01. The Balaban J connectivity index is 1.51. The van der Waals surface area contributed by atoms with Crippen molar-refractivity contribution in [2.75, 3.05) is 0 Å². The first-order valence-electron chi connectivity index (χ1n) is 8.66. The molecule has 0 unspecified atom stereocenters. The number of hydrogen-bond donors (Lipinski definition) is 1. The molecule has 2 heterocycles. The maximum absolute atomic E-state index is 12.2. The predicted molar refractivity (Wildman–Crippen MR) is 90.0 cm³/mol. The van der Waals surface area contributed by atoms with Crippen molar-refractivity contribution in [1.29, 1.82) is 0 Å². The van der Waals surface area contributed by atoms with E-state index in [-0.39, 0.29) is 11.9 Å². The molecule has 1 N–H and O–H groups in total. The second-order valence-corrected chi connectivity index (χ2v) is 6.69. The molecule has 0 saturated heterocycles. The number of amides is 1. The van der Waals surface area contributed by atoms with Gasteiger partial charge in [-0.15, -0.1) is 0 Å². The molecule has 128 valence electrons. The number of carbonyl (C=O) groups excluding carboxylic acids is 1. The van der Waals surface area contributed by atoms with Crippen LogP contribution < -0.4 is 5.32 Å². The lowest BCUT2D eigenvalue weighted by Crippen LogP contribution is -2.43. The van der Waals surface area contributed by atoms with E-state index in [0.29, 0.717) is 36.4 Å². The molecule has 6 nitrogen and oxygen atoms in total. The van der Waals surface area contributed by atoms with Gasteiger partial charge in [-0.25, -0.2) is 0 Å². The van der Waals surface area contributed by atoms with E-state index in [9.17, 15) is 4.79 Å². The molecule has 2 aromatic rings. The lowest BCUT2D eigenvalue weighted by atomic mass is 9.78. The van der Waals surface area contributed by atoms with Crippen LogP contribution in [0.25, 0.3) is 11.4 Å². The number of carbonyl (C=O) groups is 1. The molecule has 0 aromatic carbocycles. The molecule has 3 rings (SSSR count). The number of nitrogens with one attached hydrogen (secondary N) is 1. The fourth-order valence-electron chi connectivity index (χ4n) is 3.25. The molecule has 6 heteroatoms. The number of nitrogens with zero attached hydrogens (tertiary/aromatic N) is 3. The summed E-state index contributed by atoms with van der Waals surface area (Å²) in [5, 5.41) is 7.11. The van der Waals surface area contributed by atoms with E-state index in [4.69, 9.17) is 4.52 Å². The molecule has 1 amide bonds. The van der Waals surface area contributed by atoms with Gasteiger partial charge in [0.2, 0.25) is 17.6 Å². The summed E-state index contributed by atoms with van der Waals surface area (Å²) in [5.74, 6) is 2.25. The molecular weight excluding hydrogens is 304 g/mol. The molecule has 24 heavy (non-hydrogen) atoms. The Morgan fingerprint density at radius 3 is 3.04 bits per heavy atom. The molecule has 1 aliphatic rings. The second-order valence-electron chi connectivity index (χ2n) is 6.69. The quantitative estimate of drug-likeness (QED) is 0.912. The first kappa shape index (κ1) is 16.6. The van der Waals surface area contributed by atoms with Gasteiger partial charge in [0.05, 0.1) is 0 Å². The summed E-state index contributed by atoms with van der Waals surface area (Å²) in [4.78, 5) is 20.6. The van der Waals surface area contributed by atoms with Gasteiger partial charge < -0.3 is 9.84 Å². The van der Waals surface area contributed by atoms with E-state index in [2.05, 4.69) is 34.3 Å². The molecule has 0 spiro atoms. The fourth-order valence-corrected chi connectivity index (χ4v) is 3.25. The predicted octanol–water partition coefficient (Wildman–Crippen LogP) is 3.01. The SMILES string of the molecule is C[C@@H]1[C@@H](C)CCC[C@H]1NC(=O)CCc1nc(-c2cccnc2)no1. The summed E-state index contributed by atoms with van der Waals surface area (Å²) in [7, 11) is 0. The molecule has 0 aliphatic heterocycles. The molecule has 1 saturated carbocycles. The number of aryl methyl sites for hydroxylation is 1. The minimum absolute atomic E-state index is 0.0575. The highest BCUT2D eigenvalue weighted by molar-refractivity contribution is 5.76.